The van der Waals surface area contributed by atoms with Gasteiger partial charge in [-0.05, 0) is 49.8 Å². The molecule has 0 radical (unpaired) electrons. The summed E-state index contributed by atoms with van der Waals surface area (Å²) in [5, 5.41) is 14.6. The molecule has 0 atom stereocenters. The highest BCUT2D eigenvalue weighted by molar-refractivity contribution is 7.90. The lowest BCUT2D eigenvalue weighted by Crippen LogP contribution is -2.39. The van der Waals surface area contributed by atoms with Gasteiger partial charge in [0.1, 0.15) is 0 Å². The Hall–Kier alpha value is -2.19. The molecule has 1 fully saturated rings. The molecule has 0 saturated heterocycles. The molecule has 1 heterocycles. The van der Waals surface area contributed by atoms with E-state index in [2.05, 4.69) is 6.92 Å². The van der Waals surface area contributed by atoms with Crippen molar-refractivity contribution >= 4 is 15.7 Å². The fraction of sp³-hybridized carbons (Fsp3) is 0.500. The summed E-state index contributed by atoms with van der Waals surface area (Å²) in [5.41, 5.74) is 7.18. The molecule has 28 heavy (non-hydrogen) atoms. The van der Waals surface area contributed by atoms with E-state index in [1.165, 1.54) is 6.26 Å². The summed E-state index contributed by atoms with van der Waals surface area (Å²) in [4.78, 5) is 12.2. The second-order valence-electron chi connectivity index (χ2n) is 7.70. The minimum atomic E-state index is -3.25. The number of hydrogen-bond donors (Lipinski definition) is 2. The van der Waals surface area contributed by atoms with Gasteiger partial charge in [0.2, 0.25) is 0 Å². The number of hydrogen-bond acceptors (Lipinski definition) is 5. The monoisotopic (exact) mass is 405 g/mol. The van der Waals surface area contributed by atoms with Gasteiger partial charge in [0.05, 0.1) is 27.8 Å². The van der Waals surface area contributed by atoms with Gasteiger partial charge in [-0.1, -0.05) is 19.1 Å². The zero-order valence-electron chi connectivity index (χ0n) is 16.3. The fourth-order valence-electron chi connectivity index (χ4n) is 3.92. The van der Waals surface area contributed by atoms with Crippen molar-refractivity contribution in [3.63, 3.8) is 0 Å². The number of nitrogens with zero attached hydrogens (tertiary/aromatic N) is 2. The molecule has 0 spiro atoms. The summed E-state index contributed by atoms with van der Waals surface area (Å²) < 4.78 is 25.1. The standard InChI is InChI=1S/C20H27N3O4S/c1-3-20(10-8-15(24)9-11-20)23-13-17(19(21)25)18(22-23)12-14-4-6-16(7-5-14)28(2,26)27/h4-7,13,15,24H,3,8-12H2,1-2H3,(H2,21,25). The first-order valence-corrected chi connectivity index (χ1v) is 11.4. The zero-order valence-corrected chi connectivity index (χ0v) is 17.1. The molecule has 0 bridgehead atoms. The van der Waals surface area contributed by atoms with Gasteiger partial charge in [-0.2, -0.15) is 5.10 Å². The van der Waals surface area contributed by atoms with Crippen LogP contribution in [0.5, 0.6) is 0 Å². The van der Waals surface area contributed by atoms with Crippen LogP contribution in [0, 0.1) is 0 Å². The van der Waals surface area contributed by atoms with Crippen molar-refractivity contribution in [1.82, 2.24) is 9.78 Å². The third kappa shape index (κ3) is 4.12. The van der Waals surface area contributed by atoms with E-state index in [4.69, 9.17) is 10.8 Å². The van der Waals surface area contributed by atoms with Crippen LogP contribution in [0.2, 0.25) is 0 Å². The lowest BCUT2D eigenvalue weighted by Gasteiger charge is -2.38. The SMILES string of the molecule is CCC1(n2cc(C(N)=O)c(Cc3ccc(S(C)(=O)=O)cc3)n2)CCC(O)CC1. The number of sulfone groups is 1. The summed E-state index contributed by atoms with van der Waals surface area (Å²) in [6.07, 6.45) is 6.87. The van der Waals surface area contributed by atoms with Crippen molar-refractivity contribution in [1.29, 1.82) is 0 Å². The second kappa shape index (κ2) is 7.67. The number of aliphatic hydroxyl groups is 1. The number of benzene rings is 1. The number of rotatable bonds is 6. The zero-order chi connectivity index (χ0) is 20.5. The number of aromatic nitrogens is 2. The molecule has 152 valence electrons. The number of carbonyl (C=O) groups excluding carboxylic acids is 1. The Morgan fingerprint density at radius 1 is 1.29 bits per heavy atom. The van der Waals surface area contributed by atoms with Crippen LogP contribution in [-0.2, 0) is 21.8 Å². The minimum absolute atomic E-state index is 0.220. The molecular weight excluding hydrogens is 378 g/mol. The summed E-state index contributed by atoms with van der Waals surface area (Å²) >= 11 is 0. The van der Waals surface area contributed by atoms with Crippen molar-refractivity contribution < 1.29 is 18.3 Å². The number of primary amides is 1. The van der Waals surface area contributed by atoms with E-state index in [0.29, 0.717) is 30.5 Å². The Labute approximate surface area is 165 Å². The van der Waals surface area contributed by atoms with Crippen LogP contribution in [0.15, 0.2) is 35.4 Å². The first-order valence-electron chi connectivity index (χ1n) is 9.50. The van der Waals surface area contributed by atoms with Crippen LogP contribution in [0.1, 0.15) is 60.6 Å². The summed E-state index contributed by atoms with van der Waals surface area (Å²) in [7, 11) is -3.25. The smallest absolute Gasteiger partial charge is 0.252 e. The van der Waals surface area contributed by atoms with Crippen LogP contribution in [0.4, 0.5) is 0 Å². The molecule has 1 amide bonds. The van der Waals surface area contributed by atoms with E-state index >= 15 is 0 Å². The Morgan fingerprint density at radius 2 is 1.89 bits per heavy atom. The van der Waals surface area contributed by atoms with Crippen LogP contribution >= 0.6 is 0 Å². The summed E-state index contributed by atoms with van der Waals surface area (Å²) in [6, 6.07) is 6.57. The normalized spacial score (nSPS) is 22.9. The van der Waals surface area contributed by atoms with Gasteiger partial charge in [0.25, 0.3) is 5.91 Å². The largest absolute Gasteiger partial charge is 0.393 e. The molecule has 1 aromatic heterocycles. The molecule has 8 heteroatoms. The summed E-state index contributed by atoms with van der Waals surface area (Å²) in [5.74, 6) is -0.531. The molecule has 1 saturated carbocycles. The highest BCUT2D eigenvalue weighted by atomic mass is 32.2. The average Bonchev–Trinajstić information content (AvgIpc) is 3.07. The van der Waals surface area contributed by atoms with Gasteiger partial charge in [0, 0.05) is 18.9 Å². The van der Waals surface area contributed by atoms with Crippen molar-refractivity contribution in [2.75, 3.05) is 6.26 Å². The van der Waals surface area contributed by atoms with Crippen LogP contribution in [0.3, 0.4) is 0 Å². The second-order valence-corrected chi connectivity index (χ2v) is 9.72. The number of amides is 1. The van der Waals surface area contributed by atoms with Gasteiger partial charge >= 0.3 is 0 Å². The molecule has 1 aromatic carbocycles. The molecule has 0 unspecified atom stereocenters. The number of nitrogens with two attached hydrogens (primary N) is 1. The van der Waals surface area contributed by atoms with Crippen molar-refractivity contribution in [3.8, 4) is 0 Å². The highest BCUT2D eigenvalue weighted by Gasteiger charge is 2.36. The number of aliphatic hydroxyl groups excluding tert-OH is 1. The number of carbonyl (C=O) groups is 1. The Balaban J connectivity index is 1.92. The third-order valence-electron chi connectivity index (χ3n) is 5.81. The van der Waals surface area contributed by atoms with Gasteiger partial charge in [-0.25, -0.2) is 8.42 Å². The first-order chi connectivity index (χ1) is 13.1. The minimum Gasteiger partial charge on any atom is -0.393 e. The van der Waals surface area contributed by atoms with Crippen LogP contribution in [-0.4, -0.2) is 41.6 Å². The van der Waals surface area contributed by atoms with Crippen molar-refractivity contribution in [2.45, 2.75) is 62.0 Å². The Bertz CT molecular complexity index is 956. The molecule has 7 nitrogen and oxygen atoms in total. The lowest BCUT2D eigenvalue weighted by molar-refractivity contribution is 0.0585. The molecule has 2 aromatic rings. The topological polar surface area (TPSA) is 115 Å². The molecule has 3 N–H and O–H groups in total. The molecule has 3 rings (SSSR count). The molecular formula is C20H27N3O4S. The predicted molar refractivity (Wildman–Crippen MR) is 106 cm³/mol. The fourth-order valence-corrected chi connectivity index (χ4v) is 4.55. The highest BCUT2D eigenvalue weighted by Crippen LogP contribution is 2.38. The Kier molecular flexibility index (Phi) is 5.63. The summed E-state index contributed by atoms with van der Waals surface area (Å²) in [6.45, 7) is 2.09. The maximum Gasteiger partial charge on any atom is 0.252 e. The van der Waals surface area contributed by atoms with Gasteiger partial charge in [-0.15, -0.1) is 0 Å². The van der Waals surface area contributed by atoms with Crippen molar-refractivity contribution in [3.05, 3.63) is 47.3 Å². The van der Waals surface area contributed by atoms with Crippen LogP contribution < -0.4 is 5.73 Å². The van der Waals surface area contributed by atoms with Gasteiger partial charge in [0.15, 0.2) is 9.84 Å². The third-order valence-corrected chi connectivity index (χ3v) is 6.94. The van der Waals surface area contributed by atoms with Crippen molar-refractivity contribution in [2.24, 2.45) is 5.73 Å². The van der Waals surface area contributed by atoms with E-state index in [-0.39, 0.29) is 16.5 Å². The van der Waals surface area contributed by atoms with E-state index in [9.17, 15) is 18.3 Å². The molecule has 1 aliphatic carbocycles. The maximum absolute atomic E-state index is 12.0. The van der Waals surface area contributed by atoms with E-state index < -0.39 is 15.7 Å². The Morgan fingerprint density at radius 3 is 2.39 bits per heavy atom. The van der Waals surface area contributed by atoms with Crippen LogP contribution in [0.25, 0.3) is 0 Å². The first kappa shape index (κ1) is 20.5. The van der Waals surface area contributed by atoms with E-state index in [0.717, 1.165) is 24.8 Å². The maximum atomic E-state index is 12.0. The lowest BCUT2D eigenvalue weighted by atomic mass is 9.78. The van der Waals surface area contributed by atoms with Gasteiger partial charge in [-0.3, -0.25) is 9.48 Å². The van der Waals surface area contributed by atoms with E-state index in [1.807, 2.05) is 4.68 Å². The predicted octanol–water partition coefficient (Wildman–Crippen LogP) is 2.02. The molecule has 1 aliphatic rings. The molecule has 0 aliphatic heterocycles. The van der Waals surface area contributed by atoms with E-state index in [1.54, 1.807) is 30.5 Å². The van der Waals surface area contributed by atoms with Gasteiger partial charge < -0.3 is 10.8 Å². The average molecular weight is 406 g/mol. The quantitative estimate of drug-likeness (QED) is 0.763.